The molecule has 2 saturated carbocycles. The molecule has 1 unspecified atom stereocenters. The summed E-state index contributed by atoms with van der Waals surface area (Å²) in [4.78, 5) is 2.33. The van der Waals surface area contributed by atoms with Crippen LogP contribution in [0.3, 0.4) is 0 Å². The van der Waals surface area contributed by atoms with Crippen molar-refractivity contribution in [1.82, 2.24) is 0 Å². The molecule has 1 aromatic carbocycles. The van der Waals surface area contributed by atoms with Crippen LogP contribution in [0.4, 0.5) is 5.69 Å². The van der Waals surface area contributed by atoms with Gasteiger partial charge in [0.25, 0.3) is 0 Å². The Balaban J connectivity index is 1.87. The van der Waals surface area contributed by atoms with Crippen molar-refractivity contribution in [2.45, 2.75) is 25.0 Å². The Morgan fingerprint density at radius 2 is 1.81 bits per heavy atom. The van der Waals surface area contributed by atoms with E-state index < -0.39 is 0 Å². The molecule has 0 saturated heterocycles. The fourth-order valence-electron chi connectivity index (χ4n) is 3.66. The summed E-state index contributed by atoms with van der Waals surface area (Å²) in [6, 6.07) is 10.6. The van der Waals surface area contributed by atoms with Crippen LogP contribution in [-0.4, -0.2) is 19.9 Å². The van der Waals surface area contributed by atoms with Gasteiger partial charge < -0.3 is 9.64 Å². The lowest BCUT2D eigenvalue weighted by molar-refractivity contribution is 0.0471. The summed E-state index contributed by atoms with van der Waals surface area (Å²) in [6.45, 7) is 0. The van der Waals surface area contributed by atoms with E-state index in [2.05, 4.69) is 42.3 Å². The minimum absolute atomic E-state index is 0.000394. The average molecular weight is 217 g/mol. The molecule has 0 N–H and O–H groups in total. The van der Waals surface area contributed by atoms with E-state index in [1.54, 1.807) is 0 Å². The van der Waals surface area contributed by atoms with E-state index in [9.17, 15) is 0 Å². The zero-order valence-electron chi connectivity index (χ0n) is 10.0. The topological polar surface area (TPSA) is 12.5 Å². The molecule has 16 heavy (non-hydrogen) atoms. The normalized spacial score (nSPS) is 35.9. The summed E-state index contributed by atoms with van der Waals surface area (Å²) >= 11 is 0. The van der Waals surface area contributed by atoms with Gasteiger partial charge in [-0.05, 0) is 25.0 Å². The van der Waals surface area contributed by atoms with Gasteiger partial charge in [-0.2, -0.15) is 0 Å². The van der Waals surface area contributed by atoms with Gasteiger partial charge in [0.2, 0.25) is 0 Å². The van der Waals surface area contributed by atoms with Crippen LogP contribution in [0.25, 0.3) is 0 Å². The van der Waals surface area contributed by atoms with Crippen molar-refractivity contribution in [3.05, 3.63) is 30.3 Å². The summed E-state index contributed by atoms with van der Waals surface area (Å²) < 4.78 is 5.86. The Bertz CT molecular complexity index is 366. The maximum Gasteiger partial charge on any atom is 0.147 e. The van der Waals surface area contributed by atoms with Crippen molar-refractivity contribution in [2.75, 3.05) is 19.1 Å². The number of ether oxygens (including phenoxy) is 1. The van der Waals surface area contributed by atoms with Crippen LogP contribution in [0.5, 0.6) is 0 Å². The molecule has 0 spiro atoms. The average Bonchev–Trinajstić information content (AvgIpc) is 2.72. The van der Waals surface area contributed by atoms with Crippen LogP contribution < -0.4 is 4.90 Å². The molecule has 2 aliphatic carbocycles. The smallest absolute Gasteiger partial charge is 0.147 e. The summed E-state index contributed by atoms with van der Waals surface area (Å²) in [5.41, 5.74) is 1.26. The van der Waals surface area contributed by atoms with Gasteiger partial charge in [0.15, 0.2) is 0 Å². The summed E-state index contributed by atoms with van der Waals surface area (Å²) in [7, 11) is 4.02. The Hall–Kier alpha value is -1.02. The second-order valence-corrected chi connectivity index (χ2v) is 4.99. The number of rotatable bonds is 3. The highest BCUT2D eigenvalue weighted by molar-refractivity contribution is 5.50. The third-order valence-electron chi connectivity index (χ3n) is 4.46. The molecule has 0 amide bonds. The molecule has 0 bridgehead atoms. The van der Waals surface area contributed by atoms with E-state index in [1.807, 2.05) is 7.11 Å². The van der Waals surface area contributed by atoms with Gasteiger partial charge in [0.1, 0.15) is 5.72 Å². The van der Waals surface area contributed by atoms with Gasteiger partial charge in [-0.1, -0.05) is 24.6 Å². The molecule has 86 valence electrons. The first kappa shape index (κ1) is 10.2. The number of hydrogen-bond donors (Lipinski definition) is 0. The van der Waals surface area contributed by atoms with Crippen LogP contribution in [0, 0.1) is 11.8 Å². The van der Waals surface area contributed by atoms with Crippen LogP contribution in [0.2, 0.25) is 0 Å². The lowest BCUT2D eigenvalue weighted by Gasteiger charge is -2.32. The highest BCUT2D eigenvalue weighted by Gasteiger charge is 2.69. The Morgan fingerprint density at radius 1 is 1.19 bits per heavy atom. The van der Waals surface area contributed by atoms with Crippen molar-refractivity contribution in [1.29, 1.82) is 0 Å². The zero-order valence-corrected chi connectivity index (χ0v) is 10.0. The predicted octanol–water partition coefficient (Wildman–Crippen LogP) is 2.90. The third kappa shape index (κ3) is 1.17. The standard InChI is InChI=1S/C14H19NO/c1-15(11-7-4-3-5-8-11)14(16-2)12-9-6-10-13(12)14/h3-5,7-8,12-13H,6,9-10H2,1-2H3/t12-,13+,14?. The molecule has 0 aromatic heterocycles. The van der Waals surface area contributed by atoms with Crippen molar-refractivity contribution in [2.24, 2.45) is 11.8 Å². The van der Waals surface area contributed by atoms with Gasteiger partial charge in [0.05, 0.1) is 0 Å². The van der Waals surface area contributed by atoms with Crippen molar-refractivity contribution in [3.8, 4) is 0 Å². The Morgan fingerprint density at radius 3 is 2.38 bits per heavy atom. The van der Waals surface area contributed by atoms with E-state index in [-0.39, 0.29) is 5.72 Å². The predicted molar refractivity (Wildman–Crippen MR) is 65.4 cm³/mol. The molecule has 3 rings (SSSR count). The quantitative estimate of drug-likeness (QED) is 0.722. The maximum atomic E-state index is 5.86. The highest BCUT2D eigenvalue weighted by atomic mass is 16.5. The summed E-state index contributed by atoms with van der Waals surface area (Å²) in [5, 5.41) is 0. The van der Waals surface area contributed by atoms with Crippen LogP contribution >= 0.6 is 0 Å². The number of benzene rings is 1. The fraction of sp³-hybridized carbons (Fsp3) is 0.571. The second kappa shape index (κ2) is 3.49. The molecule has 1 aromatic rings. The van der Waals surface area contributed by atoms with Crippen molar-refractivity contribution < 1.29 is 4.74 Å². The maximum absolute atomic E-state index is 5.86. The number of methoxy groups -OCH3 is 1. The molecule has 2 fully saturated rings. The SMILES string of the molecule is COC1(N(C)c2ccccc2)[C@@H]2CCC[C@@H]21. The van der Waals surface area contributed by atoms with E-state index in [0.29, 0.717) is 0 Å². The summed E-state index contributed by atoms with van der Waals surface area (Å²) in [6.07, 6.45) is 4.04. The lowest BCUT2D eigenvalue weighted by Crippen LogP contribution is -2.40. The zero-order chi connectivity index (χ0) is 11.2. The molecule has 2 aliphatic rings. The van der Waals surface area contributed by atoms with Crippen molar-refractivity contribution >= 4 is 5.69 Å². The van der Waals surface area contributed by atoms with Crippen LogP contribution in [0.15, 0.2) is 30.3 Å². The van der Waals surface area contributed by atoms with Crippen molar-refractivity contribution in [3.63, 3.8) is 0 Å². The summed E-state index contributed by atoms with van der Waals surface area (Å²) in [5.74, 6) is 1.51. The fourth-order valence-corrected chi connectivity index (χ4v) is 3.66. The van der Waals surface area contributed by atoms with Gasteiger partial charge in [0, 0.05) is 31.7 Å². The van der Waals surface area contributed by atoms with Gasteiger partial charge in [-0.25, -0.2) is 0 Å². The van der Waals surface area contributed by atoms with Gasteiger partial charge in [-0.15, -0.1) is 0 Å². The van der Waals surface area contributed by atoms with Gasteiger partial charge in [-0.3, -0.25) is 0 Å². The first-order chi connectivity index (χ1) is 7.80. The number of para-hydroxylation sites is 1. The molecule has 0 heterocycles. The van der Waals surface area contributed by atoms with E-state index in [0.717, 1.165) is 11.8 Å². The third-order valence-corrected chi connectivity index (χ3v) is 4.46. The first-order valence-electron chi connectivity index (χ1n) is 6.14. The minimum atomic E-state index is -0.000394. The van der Waals surface area contributed by atoms with Gasteiger partial charge >= 0.3 is 0 Å². The molecule has 0 aliphatic heterocycles. The molecule has 3 atom stereocenters. The number of anilines is 1. The number of fused-ring (bicyclic) bond motifs is 1. The Kier molecular flexibility index (Phi) is 2.21. The Labute approximate surface area is 97.2 Å². The van der Waals surface area contributed by atoms with Crippen LogP contribution in [0.1, 0.15) is 19.3 Å². The minimum Gasteiger partial charge on any atom is -0.358 e. The molecule has 0 radical (unpaired) electrons. The van der Waals surface area contributed by atoms with Crippen LogP contribution in [-0.2, 0) is 4.74 Å². The second-order valence-electron chi connectivity index (χ2n) is 4.99. The molecule has 2 heteroatoms. The lowest BCUT2D eigenvalue weighted by atomic mass is 10.1. The van der Waals surface area contributed by atoms with E-state index in [1.165, 1.54) is 24.9 Å². The monoisotopic (exact) mass is 217 g/mol. The number of hydrogen-bond acceptors (Lipinski definition) is 2. The van der Waals surface area contributed by atoms with E-state index in [4.69, 9.17) is 4.74 Å². The van der Waals surface area contributed by atoms with E-state index >= 15 is 0 Å². The molecular formula is C14H19NO. The molecular weight excluding hydrogens is 198 g/mol. The first-order valence-corrected chi connectivity index (χ1v) is 6.14. The number of nitrogens with zero attached hydrogens (tertiary/aromatic N) is 1. The largest absolute Gasteiger partial charge is 0.358 e. The highest BCUT2D eigenvalue weighted by Crippen LogP contribution is 2.64. The molecule has 2 nitrogen and oxygen atoms in total.